The number of ether oxygens (including phenoxy) is 4. The van der Waals surface area contributed by atoms with E-state index in [1.54, 1.807) is 7.11 Å². The number of hydrogen-bond acceptors (Lipinski definition) is 10. The Morgan fingerprint density at radius 3 is 0.791 bits per heavy atom. The van der Waals surface area contributed by atoms with Crippen LogP contribution in [0.3, 0.4) is 0 Å². The maximum atomic E-state index is 5.68. The van der Waals surface area contributed by atoms with E-state index in [1.807, 2.05) is 125 Å². The van der Waals surface area contributed by atoms with Crippen LogP contribution in [-0.2, 0) is 57.7 Å². The fraction of sp³-hybridized carbons (Fsp3) is 0.935. The van der Waals surface area contributed by atoms with Crippen LogP contribution in [0.15, 0.2) is 9.98 Å². The van der Waals surface area contributed by atoms with Crippen molar-refractivity contribution in [2.75, 3.05) is 14.2 Å². The second-order valence-electron chi connectivity index (χ2n) is 13.1. The van der Waals surface area contributed by atoms with Crippen LogP contribution in [-0.4, -0.2) is 90.6 Å². The predicted octanol–water partition coefficient (Wildman–Crippen LogP) is 7.83. The molecule has 0 rings (SSSR count). The van der Waals surface area contributed by atoms with Gasteiger partial charge in [-0.2, -0.15) is 0 Å². The van der Waals surface area contributed by atoms with Crippen molar-refractivity contribution in [2.24, 2.45) is 9.98 Å². The minimum absolute atomic E-state index is 0. The zero-order valence-corrected chi connectivity index (χ0v) is 34.5. The summed E-state index contributed by atoms with van der Waals surface area (Å²) in [4.78, 5) is 7.54. The van der Waals surface area contributed by atoms with E-state index < -0.39 is 15.2 Å². The van der Waals surface area contributed by atoms with Crippen LogP contribution >= 0.6 is 0 Å². The Labute approximate surface area is 282 Å². The molecule has 0 heterocycles. The third-order valence-corrected chi connectivity index (χ3v) is 6.51. The van der Waals surface area contributed by atoms with E-state index in [4.69, 9.17) is 36.7 Å². The molecule has 0 aromatic heterocycles. The van der Waals surface area contributed by atoms with Crippen molar-refractivity contribution in [1.82, 2.24) is 0 Å². The molecule has 43 heavy (non-hydrogen) atoms. The zero-order chi connectivity index (χ0) is 34.5. The first-order valence-electron chi connectivity index (χ1n) is 14.9. The van der Waals surface area contributed by atoms with Crippen LogP contribution in [0, 0.1) is 0 Å². The minimum Gasteiger partial charge on any atom is -0.355 e. The molecule has 0 aromatic rings. The Balaban J connectivity index is -0.000000161. The summed E-state index contributed by atoms with van der Waals surface area (Å²) in [5.41, 5.74) is 0.111. The normalized spacial score (nSPS) is 12.3. The summed E-state index contributed by atoms with van der Waals surface area (Å²) >= 11 is 0. The van der Waals surface area contributed by atoms with Crippen LogP contribution in [0.25, 0.3) is 0 Å². The van der Waals surface area contributed by atoms with E-state index >= 15 is 0 Å². The van der Waals surface area contributed by atoms with Crippen molar-refractivity contribution < 1.29 is 57.7 Å². The molecule has 10 nitrogen and oxygen atoms in total. The number of nitrogens with zero attached hydrogens (tertiary/aromatic N) is 2. The van der Waals surface area contributed by atoms with Gasteiger partial charge in [-0.15, -0.1) is 0 Å². The monoisotopic (exact) mass is 724 g/mol. The second-order valence-corrected chi connectivity index (χ2v) is 15.2. The van der Waals surface area contributed by atoms with E-state index in [-0.39, 0.29) is 68.8 Å². The van der Waals surface area contributed by atoms with Crippen LogP contribution in [0.4, 0.5) is 0 Å². The van der Waals surface area contributed by atoms with E-state index in [2.05, 4.69) is 23.4 Å². The Hall–Kier alpha value is -0.0748. The number of rotatable bonds is 14. The molecule has 0 saturated heterocycles. The van der Waals surface area contributed by atoms with Crippen molar-refractivity contribution in [2.45, 2.75) is 178 Å². The molecule has 0 fully saturated rings. The van der Waals surface area contributed by atoms with E-state index in [0.29, 0.717) is 0 Å². The molecule has 0 spiro atoms. The third kappa shape index (κ3) is 38.0. The van der Waals surface area contributed by atoms with Crippen LogP contribution in [0.1, 0.15) is 125 Å². The molecule has 0 saturated carbocycles. The summed E-state index contributed by atoms with van der Waals surface area (Å²) in [6.45, 7) is 41.9. The minimum atomic E-state index is -2.96. The van der Waals surface area contributed by atoms with Gasteiger partial charge in [0.15, 0.2) is 0 Å². The maximum Gasteiger partial charge on any atom is 0.680 e. The summed E-state index contributed by atoms with van der Waals surface area (Å²) < 4.78 is 44.2. The molecule has 12 heteroatoms. The number of aliphatic imine (C=N–C) groups is 2. The zero-order valence-electron chi connectivity index (χ0n) is 31.4. The van der Waals surface area contributed by atoms with Gasteiger partial charge in [0.25, 0.3) is 0 Å². The second kappa shape index (κ2) is 26.0. The molecule has 262 valence electrons. The third-order valence-electron chi connectivity index (χ3n) is 3.73. The summed E-state index contributed by atoms with van der Waals surface area (Å²) in [5, 5.41) is 0. The fourth-order valence-electron chi connectivity index (χ4n) is 2.19. The van der Waals surface area contributed by atoms with Gasteiger partial charge in [0.05, 0.1) is 29.4 Å². The molecule has 0 bridgehead atoms. The van der Waals surface area contributed by atoms with Gasteiger partial charge in [-0.25, -0.2) is 0 Å². The van der Waals surface area contributed by atoms with Gasteiger partial charge in [-0.05, 0) is 138 Å². The Morgan fingerprint density at radius 1 is 0.488 bits per heavy atom. The van der Waals surface area contributed by atoms with E-state index in [0.717, 1.165) is 0 Å². The molecule has 0 amide bonds. The van der Waals surface area contributed by atoms with Gasteiger partial charge >= 0.3 is 15.2 Å². The van der Waals surface area contributed by atoms with E-state index in [1.165, 1.54) is 7.11 Å². The smallest absolute Gasteiger partial charge is 0.355 e. The molecule has 0 aliphatic carbocycles. The van der Waals surface area contributed by atoms with Gasteiger partial charge in [0.2, 0.25) is 0 Å². The average Bonchev–Trinajstić information content (AvgIpc) is 2.76. The first-order chi connectivity index (χ1) is 18.7. The largest absolute Gasteiger partial charge is 0.680 e. The molecule has 0 N–H and O–H groups in total. The Bertz CT molecular complexity index is 556. The predicted molar refractivity (Wildman–Crippen MR) is 178 cm³/mol. The molecule has 0 unspecified atom stereocenters. The van der Waals surface area contributed by atoms with Crippen molar-refractivity contribution in [3.63, 3.8) is 0 Å². The molecular formula is C31H70MoN2O8Si. The average molecular weight is 723 g/mol. The SMILES string of the molecule is C=NC(C)(C)C.C=NC(C)(C)C.COC(OC(C)C)(OC(C)C)OC(C)C.CO[Si](OC(C)C)(OC(C)C)OC(C)C.[Mo]. The van der Waals surface area contributed by atoms with Crippen LogP contribution in [0.2, 0.25) is 0 Å². The van der Waals surface area contributed by atoms with Gasteiger partial charge in [-0.3, -0.25) is 9.98 Å². The molecule has 0 aromatic carbocycles. The van der Waals surface area contributed by atoms with Gasteiger partial charge in [-0.1, -0.05) is 0 Å². The summed E-state index contributed by atoms with van der Waals surface area (Å²) in [6, 6.07) is 0. The molecular weight excluding hydrogens is 652 g/mol. The number of hydrogen-bond donors (Lipinski definition) is 0. The van der Waals surface area contributed by atoms with Crippen molar-refractivity contribution >= 4 is 22.5 Å². The maximum absolute atomic E-state index is 5.68. The van der Waals surface area contributed by atoms with Gasteiger partial charge in [0.1, 0.15) is 0 Å². The van der Waals surface area contributed by atoms with Crippen molar-refractivity contribution in [1.29, 1.82) is 0 Å². The van der Waals surface area contributed by atoms with Gasteiger partial charge in [0, 0.05) is 53.6 Å². The van der Waals surface area contributed by atoms with Crippen molar-refractivity contribution in [3.05, 3.63) is 0 Å². The quantitative estimate of drug-likeness (QED) is 0.102. The van der Waals surface area contributed by atoms with E-state index in [9.17, 15) is 0 Å². The molecule has 0 atom stereocenters. The number of methoxy groups -OCH3 is 1. The topological polar surface area (TPSA) is 98.6 Å². The molecule has 0 aliphatic rings. The fourth-order valence-corrected chi connectivity index (χ4v) is 4.37. The standard InChI is InChI=1S/C11H24O4.C10H24O4Si.2C5H11N.Mo/c1-8(2)13-11(12-7,14-9(3)4)15-10(5)6;1-8(2)12-15(11-7,13-9(3)4)14-10(5)6;2*1-5(2,3)6-4;/h2*8-10H,1-7H3;2*4H2,1-3H3;. The molecule has 0 aliphatic heterocycles. The Morgan fingerprint density at radius 2 is 0.698 bits per heavy atom. The van der Waals surface area contributed by atoms with Crippen molar-refractivity contribution in [3.8, 4) is 0 Å². The first kappa shape index (κ1) is 52.5. The summed E-state index contributed by atoms with van der Waals surface area (Å²) in [7, 11) is 0.117. The molecule has 0 radical (unpaired) electrons. The Kier molecular flexibility index (Phi) is 31.8. The summed E-state index contributed by atoms with van der Waals surface area (Å²) in [6.07, 6.45) is -1.44. The van der Waals surface area contributed by atoms with Crippen LogP contribution < -0.4 is 0 Å². The first-order valence-corrected chi connectivity index (χ1v) is 16.5. The van der Waals surface area contributed by atoms with Crippen LogP contribution in [0.5, 0.6) is 0 Å². The van der Waals surface area contributed by atoms with Gasteiger partial charge < -0.3 is 36.7 Å². The summed E-state index contributed by atoms with van der Waals surface area (Å²) in [5.74, 6) is 0.